The molecular weight excluding hydrogens is 150 g/mol. The van der Waals surface area contributed by atoms with Gasteiger partial charge in [-0.05, 0) is 0 Å². The fourth-order valence-corrected chi connectivity index (χ4v) is 1.09. The normalized spacial score (nSPS) is 10.1. The topological polar surface area (TPSA) is 82.8 Å². The number of thioether (sulfide) groups is 1. The van der Waals surface area contributed by atoms with Gasteiger partial charge in [0, 0.05) is 12.3 Å². The molecule has 0 radical (unpaired) electrons. The molecule has 0 aliphatic carbocycles. The van der Waals surface area contributed by atoms with Crippen LogP contribution in [0.25, 0.3) is 0 Å². The molecule has 0 fully saturated rings. The van der Waals surface area contributed by atoms with E-state index in [1.165, 1.54) is 22.8 Å². The standard InChI is InChI=1S/C4H9N5S/c5-1-2-10-4-8-7-3-9(4)6/h3H,1-2,5-6H2. The molecule has 1 heterocycles. The fourth-order valence-electron chi connectivity index (χ4n) is 0.485. The SMILES string of the molecule is NCCSc1nncn1N. The van der Waals surface area contributed by atoms with Crippen LogP contribution in [0.2, 0.25) is 0 Å². The van der Waals surface area contributed by atoms with E-state index in [9.17, 15) is 0 Å². The van der Waals surface area contributed by atoms with Crippen LogP contribution in [0.3, 0.4) is 0 Å². The minimum Gasteiger partial charge on any atom is -0.336 e. The van der Waals surface area contributed by atoms with Gasteiger partial charge < -0.3 is 11.6 Å². The third-order valence-electron chi connectivity index (χ3n) is 0.889. The maximum atomic E-state index is 5.41. The first kappa shape index (κ1) is 7.36. The van der Waals surface area contributed by atoms with Crippen LogP contribution in [0, 0.1) is 0 Å². The summed E-state index contributed by atoms with van der Waals surface area (Å²) in [5.41, 5.74) is 5.28. The molecule has 0 atom stereocenters. The second-order valence-electron chi connectivity index (χ2n) is 1.66. The van der Waals surface area contributed by atoms with Crippen LogP contribution in [0.1, 0.15) is 0 Å². The van der Waals surface area contributed by atoms with E-state index in [2.05, 4.69) is 10.2 Å². The van der Waals surface area contributed by atoms with E-state index in [1.807, 2.05) is 0 Å². The van der Waals surface area contributed by atoms with Gasteiger partial charge in [0.25, 0.3) is 0 Å². The highest BCUT2D eigenvalue weighted by Gasteiger charge is 1.98. The van der Waals surface area contributed by atoms with Gasteiger partial charge in [-0.25, -0.2) is 4.68 Å². The maximum Gasteiger partial charge on any atom is 0.209 e. The Morgan fingerprint density at radius 3 is 3.00 bits per heavy atom. The third kappa shape index (κ3) is 1.61. The molecule has 0 bridgehead atoms. The molecule has 4 N–H and O–H groups in total. The molecule has 5 nitrogen and oxygen atoms in total. The van der Waals surface area contributed by atoms with Crippen molar-refractivity contribution in [1.82, 2.24) is 14.9 Å². The van der Waals surface area contributed by atoms with Crippen molar-refractivity contribution in [2.24, 2.45) is 5.73 Å². The Bertz CT molecular complexity index is 197. The van der Waals surface area contributed by atoms with E-state index in [4.69, 9.17) is 11.6 Å². The van der Waals surface area contributed by atoms with Crippen molar-refractivity contribution < 1.29 is 0 Å². The summed E-state index contributed by atoms with van der Waals surface area (Å²) in [5, 5.41) is 8.05. The largest absolute Gasteiger partial charge is 0.336 e. The number of hydrogen-bond donors (Lipinski definition) is 2. The van der Waals surface area contributed by atoms with E-state index in [0.717, 1.165) is 5.75 Å². The lowest BCUT2D eigenvalue weighted by molar-refractivity contribution is 0.845. The molecule has 0 aliphatic heterocycles. The first-order valence-electron chi connectivity index (χ1n) is 2.82. The fraction of sp³-hybridized carbons (Fsp3) is 0.500. The third-order valence-corrected chi connectivity index (χ3v) is 1.88. The summed E-state index contributed by atoms with van der Waals surface area (Å²) in [7, 11) is 0. The predicted molar refractivity (Wildman–Crippen MR) is 40.0 cm³/mol. The molecule has 0 saturated heterocycles. The lowest BCUT2D eigenvalue weighted by atomic mass is 10.8. The Labute approximate surface area is 62.8 Å². The zero-order chi connectivity index (χ0) is 7.40. The maximum absolute atomic E-state index is 5.41. The summed E-state index contributed by atoms with van der Waals surface area (Å²) in [4.78, 5) is 0. The smallest absolute Gasteiger partial charge is 0.209 e. The summed E-state index contributed by atoms with van der Waals surface area (Å²) in [6.45, 7) is 0.623. The number of aromatic nitrogens is 3. The van der Waals surface area contributed by atoms with Gasteiger partial charge in [-0.3, -0.25) is 0 Å². The van der Waals surface area contributed by atoms with E-state index in [0.29, 0.717) is 11.7 Å². The van der Waals surface area contributed by atoms with Gasteiger partial charge in [0.1, 0.15) is 6.33 Å². The summed E-state index contributed by atoms with van der Waals surface area (Å²) >= 11 is 1.49. The molecule has 6 heteroatoms. The Morgan fingerprint density at radius 2 is 2.50 bits per heavy atom. The quantitative estimate of drug-likeness (QED) is 0.438. The second-order valence-corrected chi connectivity index (χ2v) is 2.72. The average molecular weight is 159 g/mol. The molecule has 1 rings (SSSR count). The Kier molecular flexibility index (Phi) is 2.52. The minimum absolute atomic E-state index is 0.623. The first-order valence-corrected chi connectivity index (χ1v) is 3.81. The van der Waals surface area contributed by atoms with E-state index in [1.54, 1.807) is 0 Å². The van der Waals surface area contributed by atoms with Gasteiger partial charge in [0.05, 0.1) is 0 Å². The van der Waals surface area contributed by atoms with E-state index in [-0.39, 0.29) is 0 Å². The molecule has 0 saturated carbocycles. The number of nitrogens with two attached hydrogens (primary N) is 2. The van der Waals surface area contributed by atoms with Crippen molar-refractivity contribution in [3.8, 4) is 0 Å². The van der Waals surface area contributed by atoms with Crippen LogP contribution in [0.5, 0.6) is 0 Å². The number of hydrogen-bond acceptors (Lipinski definition) is 5. The summed E-state index contributed by atoms with van der Waals surface area (Å²) in [6.07, 6.45) is 1.46. The summed E-state index contributed by atoms with van der Waals surface area (Å²) < 4.78 is 1.38. The highest BCUT2D eigenvalue weighted by Crippen LogP contribution is 2.09. The van der Waals surface area contributed by atoms with Crippen molar-refractivity contribution in [3.05, 3.63) is 6.33 Å². The molecule has 56 valence electrons. The summed E-state index contributed by atoms with van der Waals surface area (Å²) in [5.74, 6) is 6.23. The second kappa shape index (κ2) is 3.43. The first-order chi connectivity index (χ1) is 4.84. The highest BCUT2D eigenvalue weighted by atomic mass is 32.2. The van der Waals surface area contributed by atoms with Crippen molar-refractivity contribution in [2.75, 3.05) is 18.1 Å². The molecule has 0 spiro atoms. The molecule has 1 aromatic heterocycles. The van der Waals surface area contributed by atoms with Crippen LogP contribution in [-0.2, 0) is 0 Å². The molecule has 0 unspecified atom stereocenters. The molecule has 0 aliphatic rings. The van der Waals surface area contributed by atoms with Gasteiger partial charge in [0.15, 0.2) is 0 Å². The van der Waals surface area contributed by atoms with Gasteiger partial charge in [-0.2, -0.15) is 0 Å². The van der Waals surface area contributed by atoms with E-state index < -0.39 is 0 Å². The van der Waals surface area contributed by atoms with Gasteiger partial charge in [-0.15, -0.1) is 10.2 Å². The Balaban J connectivity index is 2.49. The van der Waals surface area contributed by atoms with Crippen molar-refractivity contribution in [1.29, 1.82) is 0 Å². The van der Waals surface area contributed by atoms with Gasteiger partial charge in [-0.1, -0.05) is 11.8 Å². The summed E-state index contributed by atoms with van der Waals surface area (Å²) in [6, 6.07) is 0. The Hall–Kier alpha value is -0.750. The van der Waals surface area contributed by atoms with Crippen molar-refractivity contribution in [2.45, 2.75) is 5.16 Å². The monoisotopic (exact) mass is 159 g/mol. The lowest BCUT2D eigenvalue weighted by Gasteiger charge is -1.95. The van der Waals surface area contributed by atoms with Crippen molar-refractivity contribution >= 4 is 11.8 Å². The van der Waals surface area contributed by atoms with Crippen LogP contribution in [0.4, 0.5) is 0 Å². The van der Waals surface area contributed by atoms with E-state index >= 15 is 0 Å². The zero-order valence-corrected chi connectivity index (χ0v) is 6.21. The minimum atomic E-state index is 0.623. The van der Waals surface area contributed by atoms with Crippen LogP contribution in [0.15, 0.2) is 11.5 Å². The zero-order valence-electron chi connectivity index (χ0n) is 5.40. The number of nitrogen functional groups attached to an aromatic ring is 1. The highest BCUT2D eigenvalue weighted by molar-refractivity contribution is 7.99. The molecule has 0 amide bonds. The molecule has 1 aromatic rings. The number of nitrogens with zero attached hydrogens (tertiary/aromatic N) is 3. The lowest BCUT2D eigenvalue weighted by Crippen LogP contribution is -2.09. The van der Waals surface area contributed by atoms with Crippen molar-refractivity contribution in [3.63, 3.8) is 0 Å². The van der Waals surface area contributed by atoms with Gasteiger partial charge >= 0.3 is 0 Å². The Morgan fingerprint density at radius 1 is 1.70 bits per heavy atom. The molecular formula is C4H9N5S. The predicted octanol–water partition coefficient (Wildman–Crippen LogP) is -0.957. The molecule has 10 heavy (non-hydrogen) atoms. The van der Waals surface area contributed by atoms with Gasteiger partial charge in [0.2, 0.25) is 5.16 Å². The van der Waals surface area contributed by atoms with Crippen LogP contribution < -0.4 is 11.6 Å². The average Bonchev–Trinajstić information content (AvgIpc) is 2.31. The van der Waals surface area contributed by atoms with Crippen LogP contribution >= 0.6 is 11.8 Å². The molecule has 0 aromatic carbocycles. The number of rotatable bonds is 3. The van der Waals surface area contributed by atoms with Crippen LogP contribution in [-0.4, -0.2) is 27.2 Å².